The first-order valence-corrected chi connectivity index (χ1v) is 27.9. The molecule has 0 saturated carbocycles. The van der Waals surface area contributed by atoms with Crippen molar-refractivity contribution in [3.63, 3.8) is 0 Å². The molecule has 14 rings (SSSR count). The Morgan fingerprint density at radius 1 is 0.455 bits per heavy atom. The summed E-state index contributed by atoms with van der Waals surface area (Å²) in [5, 5.41) is 2.52. The number of anilines is 8. The van der Waals surface area contributed by atoms with Crippen LogP contribution in [0.25, 0.3) is 44.2 Å². The smallest absolute Gasteiger partial charge is 0.333 e. The average molecular weight is 996 g/mol. The predicted molar refractivity (Wildman–Crippen MR) is 329 cm³/mol. The van der Waals surface area contributed by atoms with Gasteiger partial charge in [-0.1, -0.05) is 208 Å². The molecule has 4 heteroatoms. The zero-order valence-electron chi connectivity index (χ0n) is 46.0. The molecule has 3 aliphatic heterocycles. The molecule has 10 aromatic carbocycles. The van der Waals surface area contributed by atoms with Crippen molar-refractivity contribution in [3.8, 4) is 33.4 Å². The van der Waals surface area contributed by atoms with Crippen molar-refractivity contribution >= 4 is 74.0 Å². The Balaban J connectivity index is 1.05. The van der Waals surface area contributed by atoms with E-state index in [-0.39, 0.29) is 28.5 Å². The number of hydrogen-bond acceptors (Lipinski definition) is 3. The van der Waals surface area contributed by atoms with E-state index in [9.17, 15) is 0 Å². The Bertz CT molecular complexity index is 3980. The van der Waals surface area contributed by atoms with Crippen LogP contribution < -0.4 is 25.5 Å². The maximum atomic E-state index is 2.72. The molecule has 0 fully saturated rings. The van der Waals surface area contributed by atoms with E-state index >= 15 is 0 Å². The number of para-hydroxylation sites is 1. The van der Waals surface area contributed by atoms with E-state index in [1.807, 2.05) is 0 Å². The molecule has 0 spiro atoms. The molecule has 0 radical (unpaired) electrons. The fourth-order valence-electron chi connectivity index (χ4n) is 13.8. The molecule has 0 amide bonds. The van der Waals surface area contributed by atoms with Crippen LogP contribution in [-0.4, -0.2) is 6.85 Å². The number of hydrogen-bond donors (Lipinski definition) is 0. The highest BCUT2D eigenvalue weighted by atomic mass is 15.2. The summed E-state index contributed by atoms with van der Waals surface area (Å²) in [7, 11) is 0. The highest BCUT2D eigenvalue weighted by Gasteiger charge is 2.51. The Hall–Kier alpha value is -8.08. The largest absolute Gasteiger partial charge is 0.376 e. The van der Waals surface area contributed by atoms with Crippen LogP contribution in [0.3, 0.4) is 0 Å². The second-order valence-corrected chi connectivity index (χ2v) is 25.2. The summed E-state index contributed by atoms with van der Waals surface area (Å²) < 4.78 is 0. The third kappa shape index (κ3) is 7.31. The van der Waals surface area contributed by atoms with E-state index in [2.05, 4.69) is 289 Å². The van der Waals surface area contributed by atoms with E-state index in [1.165, 1.54) is 118 Å². The van der Waals surface area contributed by atoms with Crippen LogP contribution in [0.2, 0.25) is 0 Å². The minimum atomic E-state index is -0.251. The minimum Gasteiger partial charge on any atom is -0.376 e. The molecular formula is C73H66BN3. The van der Waals surface area contributed by atoms with Crippen LogP contribution >= 0.6 is 0 Å². The molecule has 0 bridgehead atoms. The quantitative estimate of drug-likeness (QED) is 0.154. The molecule has 1 aliphatic carbocycles. The molecule has 0 atom stereocenters. The molecule has 376 valence electrons. The van der Waals surface area contributed by atoms with Gasteiger partial charge in [0.2, 0.25) is 0 Å². The summed E-state index contributed by atoms with van der Waals surface area (Å²) in [4.78, 5) is 7.86. The van der Waals surface area contributed by atoms with Crippen LogP contribution in [0.1, 0.15) is 103 Å². The van der Waals surface area contributed by atoms with Gasteiger partial charge in [-0.05, 0) is 173 Å². The summed E-state index contributed by atoms with van der Waals surface area (Å²) in [6.07, 6.45) is 2.34. The first-order chi connectivity index (χ1) is 37.1. The van der Waals surface area contributed by atoms with E-state index in [0.29, 0.717) is 0 Å². The number of nitrogens with zero attached hydrogens (tertiary/aromatic N) is 3. The summed E-state index contributed by atoms with van der Waals surface area (Å²) in [5.41, 5.74) is 26.7. The Morgan fingerprint density at radius 2 is 1.01 bits per heavy atom. The Kier molecular flexibility index (Phi) is 10.4. The van der Waals surface area contributed by atoms with Crippen LogP contribution in [0.5, 0.6) is 0 Å². The second-order valence-electron chi connectivity index (χ2n) is 25.2. The minimum absolute atomic E-state index is 0.0232. The van der Waals surface area contributed by atoms with Gasteiger partial charge in [0.15, 0.2) is 0 Å². The molecule has 0 aromatic heterocycles. The lowest BCUT2D eigenvalue weighted by Gasteiger charge is -2.52. The molecule has 0 N–H and O–H groups in total. The van der Waals surface area contributed by atoms with Gasteiger partial charge in [0.1, 0.15) is 0 Å². The van der Waals surface area contributed by atoms with Crippen LogP contribution in [0.4, 0.5) is 45.5 Å². The van der Waals surface area contributed by atoms with Gasteiger partial charge in [0, 0.05) is 50.8 Å². The molecule has 10 aromatic rings. The average Bonchev–Trinajstić information content (AvgIpc) is 3.53. The van der Waals surface area contributed by atoms with Crippen molar-refractivity contribution in [2.45, 2.75) is 96.8 Å². The third-order valence-electron chi connectivity index (χ3n) is 18.2. The standard InChI is InChI=1S/C73H66BN3/c1-70(2,3)52-31-37-54(38-32-52)75(53-33-27-49(28-34-53)47-19-12-10-13-20-47)56-39-40-64-58(44-56)67-57-24-17-16-23-51(57)43-66-68(67)74(77(64)55-35-29-50(30-36-55)48-21-14-11-15-22-48)63-26-18-25-59-69(63)76(66)65-46-61-60(45-62(65)73(59,8)9)71(4,5)41-42-72(61,6)7/h10-40,43-46H,41-42H2,1-9H3. The maximum absolute atomic E-state index is 2.72. The number of fused-ring (bicyclic) bond motifs is 9. The van der Waals surface area contributed by atoms with Gasteiger partial charge in [-0.2, -0.15) is 0 Å². The number of benzene rings is 10. The summed E-state index contributed by atoms with van der Waals surface area (Å²) in [6, 6.07) is 80.7. The molecule has 3 heterocycles. The predicted octanol–water partition coefficient (Wildman–Crippen LogP) is 18.6. The molecule has 0 saturated heterocycles. The lowest BCUT2D eigenvalue weighted by atomic mass is 9.42. The topological polar surface area (TPSA) is 9.72 Å². The van der Waals surface area contributed by atoms with Gasteiger partial charge < -0.3 is 14.6 Å². The Labute approximate surface area is 456 Å². The molecule has 77 heavy (non-hydrogen) atoms. The van der Waals surface area contributed by atoms with Gasteiger partial charge in [0.25, 0.3) is 0 Å². The van der Waals surface area contributed by atoms with Gasteiger partial charge in [-0.15, -0.1) is 0 Å². The van der Waals surface area contributed by atoms with E-state index < -0.39 is 0 Å². The lowest BCUT2D eigenvalue weighted by molar-refractivity contribution is 0.331. The van der Waals surface area contributed by atoms with E-state index in [0.717, 1.165) is 23.5 Å². The van der Waals surface area contributed by atoms with Crippen molar-refractivity contribution < 1.29 is 0 Å². The van der Waals surface area contributed by atoms with Crippen LogP contribution in [0, 0.1) is 0 Å². The zero-order chi connectivity index (χ0) is 52.8. The summed E-state index contributed by atoms with van der Waals surface area (Å²) in [6.45, 7) is 21.6. The van der Waals surface area contributed by atoms with Gasteiger partial charge in [-0.3, -0.25) is 0 Å². The zero-order valence-corrected chi connectivity index (χ0v) is 46.0. The van der Waals surface area contributed by atoms with Crippen LogP contribution in [0.15, 0.2) is 212 Å². The second kappa shape index (κ2) is 17.0. The first-order valence-electron chi connectivity index (χ1n) is 27.9. The van der Waals surface area contributed by atoms with Crippen molar-refractivity contribution in [1.29, 1.82) is 0 Å². The van der Waals surface area contributed by atoms with Gasteiger partial charge in [-0.25, -0.2) is 0 Å². The van der Waals surface area contributed by atoms with Gasteiger partial charge in [0.05, 0.1) is 5.69 Å². The molecule has 4 aliphatic rings. The highest BCUT2D eigenvalue weighted by molar-refractivity contribution is 6.94. The lowest BCUT2D eigenvalue weighted by Crippen LogP contribution is -2.62. The monoisotopic (exact) mass is 996 g/mol. The summed E-state index contributed by atoms with van der Waals surface area (Å²) >= 11 is 0. The van der Waals surface area contributed by atoms with Crippen molar-refractivity contribution in [3.05, 3.63) is 240 Å². The van der Waals surface area contributed by atoms with Crippen molar-refractivity contribution in [1.82, 2.24) is 0 Å². The third-order valence-corrected chi connectivity index (χ3v) is 18.2. The fourth-order valence-corrected chi connectivity index (χ4v) is 13.8. The maximum Gasteiger partial charge on any atom is 0.333 e. The molecular weight excluding hydrogens is 930 g/mol. The van der Waals surface area contributed by atoms with E-state index in [4.69, 9.17) is 0 Å². The molecule has 3 nitrogen and oxygen atoms in total. The van der Waals surface area contributed by atoms with Gasteiger partial charge >= 0.3 is 6.85 Å². The first kappa shape index (κ1) is 47.4. The van der Waals surface area contributed by atoms with Crippen molar-refractivity contribution in [2.75, 3.05) is 14.6 Å². The normalized spacial score (nSPS) is 16.0. The van der Waals surface area contributed by atoms with E-state index in [1.54, 1.807) is 0 Å². The number of rotatable bonds is 6. The fraction of sp³-hybridized carbons (Fsp3) is 0.205. The van der Waals surface area contributed by atoms with Crippen LogP contribution in [-0.2, 0) is 21.7 Å². The summed E-state index contributed by atoms with van der Waals surface area (Å²) in [5.74, 6) is 0. The SMILES string of the molecule is CC(C)(C)c1ccc(N(c2ccc(-c3ccccc3)cc2)c2ccc3c(c2)-c2c4c(cc5ccccc25)N2c5cc6c(cc5C(C)(C)c5cccc(c52)B4N3c2ccc(-c3ccccc3)cc2)C(C)(C)CCC6(C)C)cc1. The van der Waals surface area contributed by atoms with Crippen molar-refractivity contribution in [2.24, 2.45) is 0 Å². The Morgan fingerprint density at radius 3 is 1.65 bits per heavy atom. The highest BCUT2D eigenvalue weighted by Crippen LogP contribution is 2.59. The molecule has 0 unspecified atom stereocenters.